The molecule has 1 aromatic rings. The molecule has 0 unspecified atom stereocenters. The molecule has 2 heteroatoms. The van der Waals surface area contributed by atoms with E-state index in [9.17, 15) is 0 Å². The van der Waals surface area contributed by atoms with Crippen LogP contribution < -0.4 is 4.74 Å². The standard InChI is InChI=1S/C11H12O2/c1-7-2-3-10-9(6-7)8-4-5-12-11(8)13-10/h2-3,6,8,11H,4-5H2,1H3/t8-,11+/m0/s1. The molecule has 1 fully saturated rings. The Morgan fingerprint density at radius 3 is 3.23 bits per heavy atom. The van der Waals surface area contributed by atoms with Gasteiger partial charge >= 0.3 is 0 Å². The summed E-state index contributed by atoms with van der Waals surface area (Å²) in [5.74, 6) is 1.50. The van der Waals surface area contributed by atoms with Gasteiger partial charge in [0.2, 0.25) is 6.29 Å². The molecule has 0 saturated carbocycles. The zero-order chi connectivity index (χ0) is 8.84. The minimum atomic E-state index is -0.00296. The Hall–Kier alpha value is -1.02. The molecule has 68 valence electrons. The molecule has 2 atom stereocenters. The molecular formula is C11H12O2. The zero-order valence-electron chi connectivity index (χ0n) is 7.62. The highest BCUT2D eigenvalue weighted by atomic mass is 16.7. The lowest BCUT2D eigenvalue weighted by molar-refractivity contribution is -0.0337. The summed E-state index contributed by atoms with van der Waals surface area (Å²) in [4.78, 5) is 0. The second kappa shape index (κ2) is 2.48. The zero-order valence-corrected chi connectivity index (χ0v) is 7.62. The van der Waals surface area contributed by atoms with Crippen LogP contribution >= 0.6 is 0 Å². The Bertz CT molecular complexity index is 346. The first-order chi connectivity index (χ1) is 6.34. The lowest BCUT2D eigenvalue weighted by atomic mass is 9.97. The molecule has 3 rings (SSSR count). The third-order valence-corrected chi connectivity index (χ3v) is 2.85. The van der Waals surface area contributed by atoms with Crippen molar-refractivity contribution in [3.63, 3.8) is 0 Å². The first kappa shape index (κ1) is 7.39. The van der Waals surface area contributed by atoms with Crippen LogP contribution in [0.2, 0.25) is 0 Å². The Morgan fingerprint density at radius 1 is 1.38 bits per heavy atom. The number of fused-ring (bicyclic) bond motifs is 3. The maximum atomic E-state index is 5.66. The number of aryl methyl sites for hydroxylation is 1. The molecule has 0 spiro atoms. The molecular weight excluding hydrogens is 164 g/mol. The van der Waals surface area contributed by atoms with Gasteiger partial charge in [-0.1, -0.05) is 17.7 Å². The molecule has 1 saturated heterocycles. The van der Waals surface area contributed by atoms with Crippen molar-refractivity contribution >= 4 is 0 Å². The van der Waals surface area contributed by atoms with E-state index in [0.717, 1.165) is 18.8 Å². The second-order valence-electron chi connectivity index (χ2n) is 3.79. The quantitative estimate of drug-likeness (QED) is 0.603. The van der Waals surface area contributed by atoms with Gasteiger partial charge in [0, 0.05) is 5.56 Å². The van der Waals surface area contributed by atoms with Crippen molar-refractivity contribution in [3.8, 4) is 5.75 Å². The smallest absolute Gasteiger partial charge is 0.206 e. The van der Waals surface area contributed by atoms with Crippen LogP contribution in [0, 0.1) is 6.92 Å². The number of rotatable bonds is 0. The first-order valence-corrected chi connectivity index (χ1v) is 4.73. The summed E-state index contributed by atoms with van der Waals surface area (Å²) in [5.41, 5.74) is 2.64. The van der Waals surface area contributed by atoms with Crippen molar-refractivity contribution in [2.45, 2.75) is 25.6 Å². The third-order valence-electron chi connectivity index (χ3n) is 2.85. The van der Waals surface area contributed by atoms with E-state index in [2.05, 4.69) is 19.1 Å². The van der Waals surface area contributed by atoms with E-state index in [1.165, 1.54) is 11.1 Å². The van der Waals surface area contributed by atoms with E-state index in [4.69, 9.17) is 9.47 Å². The molecule has 2 heterocycles. The van der Waals surface area contributed by atoms with E-state index in [1.807, 2.05) is 6.07 Å². The van der Waals surface area contributed by atoms with E-state index in [1.54, 1.807) is 0 Å². The minimum Gasteiger partial charge on any atom is -0.464 e. The number of ether oxygens (including phenoxy) is 2. The minimum absolute atomic E-state index is 0.00296. The van der Waals surface area contributed by atoms with Crippen LogP contribution in [0.5, 0.6) is 5.75 Å². The average Bonchev–Trinajstić information content (AvgIpc) is 2.64. The average molecular weight is 176 g/mol. The summed E-state index contributed by atoms with van der Waals surface area (Å²) < 4.78 is 11.1. The topological polar surface area (TPSA) is 18.5 Å². The lowest BCUT2D eigenvalue weighted by Crippen LogP contribution is -2.13. The van der Waals surface area contributed by atoms with Crippen LogP contribution in [0.15, 0.2) is 18.2 Å². The Kier molecular flexibility index (Phi) is 1.41. The van der Waals surface area contributed by atoms with Crippen LogP contribution in [0.25, 0.3) is 0 Å². The van der Waals surface area contributed by atoms with E-state index < -0.39 is 0 Å². The predicted octanol–water partition coefficient (Wildman–Crippen LogP) is 2.22. The molecule has 0 radical (unpaired) electrons. The summed E-state index contributed by atoms with van der Waals surface area (Å²) in [6.45, 7) is 2.95. The van der Waals surface area contributed by atoms with Gasteiger partial charge < -0.3 is 9.47 Å². The number of hydrogen-bond acceptors (Lipinski definition) is 2. The van der Waals surface area contributed by atoms with Crippen molar-refractivity contribution in [2.75, 3.05) is 6.61 Å². The van der Waals surface area contributed by atoms with Crippen LogP contribution in [0.3, 0.4) is 0 Å². The molecule has 2 nitrogen and oxygen atoms in total. The Morgan fingerprint density at radius 2 is 2.31 bits per heavy atom. The SMILES string of the molecule is Cc1ccc2c(c1)[C@@H]1CCO[C@@H]1O2. The number of benzene rings is 1. The van der Waals surface area contributed by atoms with Crippen molar-refractivity contribution in [1.82, 2.24) is 0 Å². The summed E-state index contributed by atoms with van der Waals surface area (Å²) in [7, 11) is 0. The molecule has 0 bridgehead atoms. The van der Waals surface area contributed by atoms with Crippen molar-refractivity contribution < 1.29 is 9.47 Å². The van der Waals surface area contributed by atoms with Gasteiger partial charge in [0.25, 0.3) is 0 Å². The van der Waals surface area contributed by atoms with Crippen molar-refractivity contribution in [1.29, 1.82) is 0 Å². The predicted molar refractivity (Wildman–Crippen MR) is 48.9 cm³/mol. The first-order valence-electron chi connectivity index (χ1n) is 4.73. The number of hydrogen-bond donors (Lipinski definition) is 0. The van der Waals surface area contributed by atoms with Gasteiger partial charge in [-0.2, -0.15) is 0 Å². The van der Waals surface area contributed by atoms with Gasteiger partial charge in [-0.15, -0.1) is 0 Å². The summed E-state index contributed by atoms with van der Waals surface area (Å²) in [6.07, 6.45) is 1.10. The van der Waals surface area contributed by atoms with Gasteiger partial charge in [0.05, 0.1) is 12.5 Å². The van der Waals surface area contributed by atoms with Crippen molar-refractivity contribution in [3.05, 3.63) is 29.3 Å². The molecule has 0 amide bonds. The highest BCUT2D eigenvalue weighted by Gasteiger charge is 2.38. The van der Waals surface area contributed by atoms with Crippen molar-refractivity contribution in [2.24, 2.45) is 0 Å². The largest absolute Gasteiger partial charge is 0.464 e. The van der Waals surface area contributed by atoms with Gasteiger partial charge in [0.15, 0.2) is 0 Å². The molecule has 1 aromatic carbocycles. The van der Waals surface area contributed by atoms with Crippen LogP contribution in [0.1, 0.15) is 23.5 Å². The van der Waals surface area contributed by atoms with Crippen LogP contribution in [0.4, 0.5) is 0 Å². The van der Waals surface area contributed by atoms with Gasteiger partial charge in [-0.25, -0.2) is 0 Å². The summed E-state index contributed by atoms with van der Waals surface area (Å²) in [5, 5.41) is 0. The molecule has 2 aliphatic rings. The van der Waals surface area contributed by atoms with Gasteiger partial charge in [0.1, 0.15) is 5.75 Å². The van der Waals surface area contributed by atoms with E-state index in [0.29, 0.717) is 5.92 Å². The highest BCUT2D eigenvalue weighted by molar-refractivity contribution is 5.43. The maximum Gasteiger partial charge on any atom is 0.206 e. The Balaban J connectivity index is 2.09. The fraction of sp³-hybridized carbons (Fsp3) is 0.455. The van der Waals surface area contributed by atoms with Crippen LogP contribution in [-0.4, -0.2) is 12.9 Å². The van der Waals surface area contributed by atoms with E-state index in [-0.39, 0.29) is 6.29 Å². The fourth-order valence-corrected chi connectivity index (χ4v) is 2.17. The monoisotopic (exact) mass is 176 g/mol. The summed E-state index contributed by atoms with van der Waals surface area (Å²) in [6, 6.07) is 6.35. The van der Waals surface area contributed by atoms with Gasteiger partial charge in [-0.3, -0.25) is 0 Å². The Labute approximate surface area is 77.5 Å². The summed E-state index contributed by atoms with van der Waals surface area (Å²) >= 11 is 0. The normalized spacial score (nSPS) is 29.6. The molecule has 0 aliphatic carbocycles. The fourth-order valence-electron chi connectivity index (χ4n) is 2.17. The molecule has 2 aliphatic heterocycles. The molecule has 13 heavy (non-hydrogen) atoms. The maximum absolute atomic E-state index is 5.66. The highest BCUT2D eigenvalue weighted by Crippen LogP contribution is 2.44. The second-order valence-corrected chi connectivity index (χ2v) is 3.79. The molecule has 0 N–H and O–H groups in total. The van der Waals surface area contributed by atoms with Crippen LogP contribution in [-0.2, 0) is 4.74 Å². The molecule has 0 aromatic heterocycles. The third kappa shape index (κ3) is 0.985. The van der Waals surface area contributed by atoms with Gasteiger partial charge in [-0.05, 0) is 19.4 Å². The lowest BCUT2D eigenvalue weighted by Gasteiger charge is -2.06. The van der Waals surface area contributed by atoms with E-state index >= 15 is 0 Å².